The molecule has 1 N–H and O–H groups in total. The van der Waals surface area contributed by atoms with E-state index in [0.717, 1.165) is 12.0 Å². The largest absolute Gasteiger partial charge is 0.314 e. The van der Waals surface area contributed by atoms with Crippen LogP contribution in [0.2, 0.25) is 0 Å². The van der Waals surface area contributed by atoms with E-state index in [-0.39, 0.29) is 0 Å². The first-order chi connectivity index (χ1) is 7.84. The van der Waals surface area contributed by atoms with Crippen molar-refractivity contribution in [1.29, 1.82) is 0 Å². The van der Waals surface area contributed by atoms with Crippen molar-refractivity contribution in [1.82, 2.24) is 5.32 Å². The second-order valence-corrected chi connectivity index (χ2v) is 5.59. The van der Waals surface area contributed by atoms with Gasteiger partial charge >= 0.3 is 0 Å². The van der Waals surface area contributed by atoms with Gasteiger partial charge in [0.25, 0.3) is 0 Å². The summed E-state index contributed by atoms with van der Waals surface area (Å²) in [6.07, 6.45) is 14.2. The van der Waals surface area contributed by atoms with Crippen LogP contribution in [0.25, 0.3) is 0 Å². The van der Waals surface area contributed by atoms with Gasteiger partial charge in [0.05, 0.1) is 0 Å². The quantitative estimate of drug-likeness (QED) is 0.569. The van der Waals surface area contributed by atoms with Crippen molar-refractivity contribution in [3.63, 3.8) is 0 Å². The highest BCUT2D eigenvalue weighted by Crippen LogP contribution is 2.24. The Labute approximate surface area is 102 Å². The maximum absolute atomic E-state index is 3.73. The maximum Gasteiger partial charge on any atom is 0.00926 e. The van der Waals surface area contributed by atoms with Gasteiger partial charge < -0.3 is 5.32 Å². The topological polar surface area (TPSA) is 12.0 Å². The molecule has 96 valence electrons. The van der Waals surface area contributed by atoms with Gasteiger partial charge in [0.15, 0.2) is 0 Å². The molecule has 0 aromatic heterocycles. The molecular weight excluding hydrogens is 194 g/mol. The second kappa shape index (κ2) is 9.04. The Morgan fingerprint density at radius 2 is 1.62 bits per heavy atom. The first-order valence-corrected chi connectivity index (χ1v) is 7.58. The fraction of sp³-hybridized carbons (Fsp3) is 1.00. The standard InChI is InChI=1S/C15H31N/c1-3-4-5-6-7-8-9-13-16-15-12-10-11-14(15)2/h14-16H,3-13H2,1-2H3. The normalized spacial score (nSPS) is 25.1. The minimum atomic E-state index is 0.833. The molecule has 0 aromatic rings. The Morgan fingerprint density at radius 1 is 0.938 bits per heavy atom. The van der Waals surface area contributed by atoms with Crippen molar-refractivity contribution in [2.24, 2.45) is 5.92 Å². The zero-order valence-corrected chi connectivity index (χ0v) is 11.4. The van der Waals surface area contributed by atoms with Crippen LogP contribution in [0.4, 0.5) is 0 Å². The molecule has 1 rings (SSSR count). The molecule has 2 unspecified atom stereocenters. The molecule has 0 bridgehead atoms. The van der Waals surface area contributed by atoms with Crippen LogP contribution < -0.4 is 5.32 Å². The van der Waals surface area contributed by atoms with E-state index in [1.54, 1.807) is 0 Å². The number of hydrogen-bond donors (Lipinski definition) is 1. The zero-order chi connectivity index (χ0) is 11.6. The summed E-state index contributed by atoms with van der Waals surface area (Å²) in [4.78, 5) is 0. The number of rotatable bonds is 9. The van der Waals surface area contributed by atoms with E-state index >= 15 is 0 Å². The summed E-state index contributed by atoms with van der Waals surface area (Å²) in [6, 6.07) is 0.833. The molecule has 0 aliphatic heterocycles. The smallest absolute Gasteiger partial charge is 0.00926 e. The average molecular weight is 225 g/mol. The van der Waals surface area contributed by atoms with Crippen LogP contribution in [-0.2, 0) is 0 Å². The molecule has 0 saturated heterocycles. The Bertz CT molecular complexity index is 156. The van der Waals surface area contributed by atoms with Crippen LogP contribution in [0.3, 0.4) is 0 Å². The monoisotopic (exact) mass is 225 g/mol. The lowest BCUT2D eigenvalue weighted by molar-refractivity contribution is 0.418. The first kappa shape index (κ1) is 14.0. The van der Waals surface area contributed by atoms with Crippen LogP contribution >= 0.6 is 0 Å². The minimum absolute atomic E-state index is 0.833. The van der Waals surface area contributed by atoms with Gasteiger partial charge in [0, 0.05) is 6.04 Å². The summed E-state index contributed by atoms with van der Waals surface area (Å²) in [5.74, 6) is 0.921. The van der Waals surface area contributed by atoms with Crippen molar-refractivity contribution in [3.05, 3.63) is 0 Å². The van der Waals surface area contributed by atoms with Gasteiger partial charge in [-0.25, -0.2) is 0 Å². The lowest BCUT2D eigenvalue weighted by atomic mass is 10.1. The Morgan fingerprint density at radius 3 is 2.25 bits per heavy atom. The minimum Gasteiger partial charge on any atom is -0.314 e. The molecule has 0 spiro atoms. The molecule has 1 fully saturated rings. The highest BCUT2D eigenvalue weighted by molar-refractivity contribution is 4.79. The molecule has 16 heavy (non-hydrogen) atoms. The predicted octanol–water partition coefficient (Wildman–Crippen LogP) is 4.52. The van der Waals surface area contributed by atoms with E-state index < -0.39 is 0 Å². The number of hydrogen-bond acceptors (Lipinski definition) is 1. The third kappa shape index (κ3) is 5.89. The SMILES string of the molecule is CCCCCCCCCNC1CCCC1C. The van der Waals surface area contributed by atoms with Crippen molar-refractivity contribution < 1.29 is 0 Å². The molecule has 0 heterocycles. The molecule has 1 aliphatic rings. The van der Waals surface area contributed by atoms with Gasteiger partial charge in [-0.15, -0.1) is 0 Å². The molecule has 2 atom stereocenters. The molecule has 0 radical (unpaired) electrons. The Balaban J connectivity index is 1.81. The van der Waals surface area contributed by atoms with Crippen LogP contribution in [0.15, 0.2) is 0 Å². The van der Waals surface area contributed by atoms with E-state index in [1.807, 2.05) is 0 Å². The van der Waals surface area contributed by atoms with Gasteiger partial charge in [0.2, 0.25) is 0 Å². The molecular formula is C15H31N. The third-order valence-corrected chi connectivity index (χ3v) is 4.05. The molecule has 0 aromatic carbocycles. The molecule has 1 nitrogen and oxygen atoms in total. The van der Waals surface area contributed by atoms with Crippen molar-refractivity contribution in [2.75, 3.05) is 6.54 Å². The van der Waals surface area contributed by atoms with Crippen LogP contribution in [0, 0.1) is 5.92 Å². The van der Waals surface area contributed by atoms with Gasteiger partial charge in [-0.2, -0.15) is 0 Å². The lowest BCUT2D eigenvalue weighted by Gasteiger charge is -2.16. The number of nitrogens with one attached hydrogen (secondary N) is 1. The van der Waals surface area contributed by atoms with Crippen LogP contribution in [-0.4, -0.2) is 12.6 Å². The maximum atomic E-state index is 3.73. The summed E-state index contributed by atoms with van der Waals surface area (Å²) in [5.41, 5.74) is 0. The highest BCUT2D eigenvalue weighted by atomic mass is 14.9. The van der Waals surface area contributed by atoms with Crippen LogP contribution in [0.5, 0.6) is 0 Å². The van der Waals surface area contributed by atoms with E-state index in [2.05, 4.69) is 19.2 Å². The fourth-order valence-corrected chi connectivity index (χ4v) is 2.82. The highest BCUT2D eigenvalue weighted by Gasteiger charge is 2.21. The molecule has 1 saturated carbocycles. The van der Waals surface area contributed by atoms with Gasteiger partial charge in [-0.3, -0.25) is 0 Å². The van der Waals surface area contributed by atoms with Gasteiger partial charge in [0.1, 0.15) is 0 Å². The average Bonchev–Trinajstić information content (AvgIpc) is 2.68. The van der Waals surface area contributed by atoms with Crippen LogP contribution in [0.1, 0.15) is 78.1 Å². The predicted molar refractivity (Wildman–Crippen MR) is 72.8 cm³/mol. The summed E-state index contributed by atoms with van der Waals surface area (Å²) >= 11 is 0. The Kier molecular flexibility index (Phi) is 7.92. The Hall–Kier alpha value is -0.0400. The summed E-state index contributed by atoms with van der Waals surface area (Å²) < 4.78 is 0. The second-order valence-electron chi connectivity index (χ2n) is 5.59. The van der Waals surface area contributed by atoms with E-state index in [4.69, 9.17) is 0 Å². The third-order valence-electron chi connectivity index (χ3n) is 4.05. The number of unbranched alkanes of at least 4 members (excludes halogenated alkanes) is 6. The van der Waals surface area contributed by atoms with E-state index in [9.17, 15) is 0 Å². The van der Waals surface area contributed by atoms with E-state index in [1.165, 1.54) is 70.8 Å². The molecule has 1 heteroatoms. The summed E-state index contributed by atoms with van der Waals surface area (Å²) in [6.45, 7) is 5.94. The molecule has 1 aliphatic carbocycles. The van der Waals surface area contributed by atoms with Gasteiger partial charge in [-0.1, -0.05) is 58.8 Å². The van der Waals surface area contributed by atoms with E-state index in [0.29, 0.717) is 0 Å². The molecule has 0 amide bonds. The van der Waals surface area contributed by atoms with Gasteiger partial charge in [-0.05, 0) is 31.7 Å². The lowest BCUT2D eigenvalue weighted by Crippen LogP contribution is -2.31. The first-order valence-electron chi connectivity index (χ1n) is 7.58. The fourth-order valence-electron chi connectivity index (χ4n) is 2.82. The van der Waals surface area contributed by atoms with Crippen molar-refractivity contribution >= 4 is 0 Å². The zero-order valence-electron chi connectivity index (χ0n) is 11.4. The summed E-state index contributed by atoms with van der Waals surface area (Å²) in [5, 5.41) is 3.73. The van der Waals surface area contributed by atoms with Crippen molar-refractivity contribution in [2.45, 2.75) is 84.1 Å². The summed E-state index contributed by atoms with van der Waals surface area (Å²) in [7, 11) is 0. The van der Waals surface area contributed by atoms with Crippen molar-refractivity contribution in [3.8, 4) is 0 Å².